The molecule has 0 fully saturated rings. The predicted molar refractivity (Wildman–Crippen MR) is 53.6 cm³/mol. The Labute approximate surface area is 86.0 Å². The number of benzene rings is 1. The summed E-state index contributed by atoms with van der Waals surface area (Å²) < 4.78 is 13.1. The minimum absolute atomic E-state index is 0.0292. The molecule has 4 nitrogen and oxygen atoms in total. The van der Waals surface area contributed by atoms with Gasteiger partial charge in [-0.2, -0.15) is 0 Å². The maximum absolute atomic E-state index is 13.1. The van der Waals surface area contributed by atoms with Gasteiger partial charge in [-0.25, -0.2) is 4.39 Å². The highest BCUT2D eigenvalue weighted by Gasteiger charge is 2.02. The molecular weight excluding hydrogens is 197 g/mol. The molecule has 0 unspecified atom stereocenters. The largest absolute Gasteiger partial charge is 0.507 e. The summed E-state index contributed by atoms with van der Waals surface area (Å²) in [6.45, 7) is 0.235. The Morgan fingerprint density at radius 3 is 3.00 bits per heavy atom. The van der Waals surface area contributed by atoms with Gasteiger partial charge in [0.05, 0.1) is 0 Å². The first-order valence-corrected chi connectivity index (χ1v) is 4.23. The highest BCUT2D eigenvalue weighted by atomic mass is 19.1. The summed E-state index contributed by atoms with van der Waals surface area (Å²) in [5.74, 6) is 4.33. The van der Waals surface area contributed by atoms with E-state index in [1.54, 1.807) is 0 Å². The van der Waals surface area contributed by atoms with E-state index in [2.05, 4.69) is 21.9 Å². The maximum atomic E-state index is 13.1. The quantitative estimate of drug-likeness (QED) is 0.260. The molecule has 0 bridgehead atoms. The summed E-state index contributed by atoms with van der Waals surface area (Å²) in [5, 5.41) is 12.5. The molecule has 0 amide bonds. The molecule has 0 aliphatic rings. The van der Waals surface area contributed by atoms with Crippen LogP contribution in [0.5, 0.6) is 5.75 Å². The lowest BCUT2D eigenvalue weighted by atomic mass is 10.2. The highest BCUT2D eigenvalue weighted by Crippen LogP contribution is 2.17. The van der Waals surface area contributed by atoms with Gasteiger partial charge < -0.3 is 5.11 Å². The van der Waals surface area contributed by atoms with Crippen molar-refractivity contribution < 1.29 is 9.50 Å². The second-order valence-electron chi connectivity index (χ2n) is 2.64. The highest BCUT2D eigenvalue weighted by molar-refractivity contribution is 5.45. The summed E-state index contributed by atoms with van der Waals surface area (Å²) in [4.78, 5) is 2.55. The van der Waals surface area contributed by atoms with Crippen molar-refractivity contribution in [2.75, 3.05) is 6.54 Å². The lowest BCUT2D eigenvalue weighted by molar-refractivity contribution is 0.467. The topological polar surface area (TPSA) is 69.0 Å². The molecule has 0 spiro atoms. The molecule has 1 aromatic carbocycles. The molecule has 0 aliphatic carbocycles. The molecule has 0 atom stereocenters. The second-order valence-corrected chi connectivity index (χ2v) is 2.64. The van der Waals surface area contributed by atoms with Gasteiger partial charge in [0, 0.05) is 17.9 Å². The van der Waals surface area contributed by atoms with E-state index in [1.807, 2.05) is 0 Å². The zero-order chi connectivity index (χ0) is 11.1. The third-order valence-corrected chi connectivity index (χ3v) is 1.61. The van der Waals surface area contributed by atoms with Crippen molar-refractivity contribution in [3.05, 3.63) is 40.0 Å². The van der Waals surface area contributed by atoms with E-state index < -0.39 is 5.82 Å². The first kappa shape index (κ1) is 10.9. The van der Waals surface area contributed by atoms with Crippen LogP contribution in [0.1, 0.15) is 12.0 Å². The molecule has 5 heteroatoms. The molecule has 0 aliphatic heterocycles. The van der Waals surface area contributed by atoms with Crippen molar-refractivity contribution in [1.29, 1.82) is 0 Å². The number of hydrogen-bond donors (Lipinski definition) is 1. The first-order chi connectivity index (χ1) is 7.25. The van der Waals surface area contributed by atoms with E-state index in [0.717, 1.165) is 0 Å². The predicted octanol–water partition coefficient (Wildman–Crippen LogP) is 2.58. The van der Waals surface area contributed by atoms with Gasteiger partial charge in [0.25, 0.3) is 0 Å². The van der Waals surface area contributed by atoms with E-state index in [4.69, 9.17) is 5.53 Å². The molecular formula is C10H8FN3O. The van der Waals surface area contributed by atoms with Crippen LogP contribution < -0.4 is 0 Å². The maximum Gasteiger partial charge on any atom is 0.142 e. The van der Waals surface area contributed by atoms with Crippen LogP contribution >= 0.6 is 0 Å². The van der Waals surface area contributed by atoms with Gasteiger partial charge >= 0.3 is 0 Å². The summed E-state index contributed by atoms with van der Waals surface area (Å²) >= 11 is 0. The van der Waals surface area contributed by atoms with Crippen LogP contribution in [0.3, 0.4) is 0 Å². The Kier molecular flexibility index (Phi) is 4.02. The number of halogens is 1. The van der Waals surface area contributed by atoms with Gasteiger partial charge in [-0.15, -0.1) is 0 Å². The minimum Gasteiger partial charge on any atom is -0.507 e. The van der Waals surface area contributed by atoms with Crippen molar-refractivity contribution >= 4 is 0 Å². The fourth-order valence-corrected chi connectivity index (χ4v) is 0.938. The number of nitrogens with zero attached hydrogens (tertiary/aromatic N) is 3. The van der Waals surface area contributed by atoms with Gasteiger partial charge in [-0.3, -0.25) is 0 Å². The molecule has 1 N–H and O–H groups in total. The SMILES string of the molecule is [N-]=[N+]=NCCC#Cc1c(O)cccc1F. The van der Waals surface area contributed by atoms with Gasteiger partial charge in [-0.05, 0) is 17.7 Å². The number of aromatic hydroxyl groups is 1. The molecule has 1 aromatic rings. The van der Waals surface area contributed by atoms with Gasteiger partial charge in [0.2, 0.25) is 0 Å². The van der Waals surface area contributed by atoms with Crippen molar-refractivity contribution in [2.45, 2.75) is 6.42 Å². The number of phenols is 1. The Hall–Kier alpha value is -2.18. The van der Waals surface area contributed by atoms with E-state index >= 15 is 0 Å². The number of rotatable bonds is 2. The van der Waals surface area contributed by atoms with Crippen LogP contribution in [0, 0.1) is 17.7 Å². The Bertz CT molecular complexity index is 435. The van der Waals surface area contributed by atoms with Crippen molar-refractivity contribution in [2.24, 2.45) is 5.11 Å². The average Bonchev–Trinajstić information content (AvgIpc) is 2.21. The van der Waals surface area contributed by atoms with E-state index in [0.29, 0.717) is 6.42 Å². The summed E-state index contributed by atoms with van der Waals surface area (Å²) in [7, 11) is 0. The van der Waals surface area contributed by atoms with E-state index in [1.165, 1.54) is 18.2 Å². The van der Waals surface area contributed by atoms with Crippen LogP contribution in [-0.4, -0.2) is 11.7 Å². The molecule has 0 heterocycles. The molecule has 0 radical (unpaired) electrons. The third kappa shape index (κ3) is 3.22. The molecule has 76 valence electrons. The van der Waals surface area contributed by atoms with Gasteiger partial charge in [0.15, 0.2) is 0 Å². The second kappa shape index (κ2) is 5.53. The van der Waals surface area contributed by atoms with Crippen LogP contribution in [0.2, 0.25) is 0 Å². The zero-order valence-corrected chi connectivity index (χ0v) is 7.81. The Balaban J connectivity index is 2.75. The normalized spacial score (nSPS) is 8.60. The van der Waals surface area contributed by atoms with E-state index in [-0.39, 0.29) is 17.9 Å². The molecule has 0 saturated heterocycles. The summed E-state index contributed by atoms with van der Waals surface area (Å²) in [6, 6.07) is 3.98. The van der Waals surface area contributed by atoms with Crippen LogP contribution in [0.25, 0.3) is 10.4 Å². The van der Waals surface area contributed by atoms with E-state index in [9.17, 15) is 9.50 Å². The zero-order valence-electron chi connectivity index (χ0n) is 7.81. The Morgan fingerprint density at radius 2 is 2.33 bits per heavy atom. The number of azide groups is 1. The number of hydrogen-bond acceptors (Lipinski definition) is 2. The number of phenolic OH excluding ortho intramolecular Hbond substituents is 1. The lowest BCUT2D eigenvalue weighted by Gasteiger charge is -1.96. The van der Waals surface area contributed by atoms with Crippen LogP contribution in [-0.2, 0) is 0 Å². The molecule has 1 rings (SSSR count). The standard InChI is InChI=1S/C10H8FN3O/c11-9-5-3-6-10(15)8(9)4-1-2-7-13-14-12/h3,5-6,15H,2,7H2. The molecule has 0 aromatic heterocycles. The summed E-state index contributed by atoms with van der Waals surface area (Å²) in [6.07, 6.45) is 0.331. The lowest BCUT2D eigenvalue weighted by Crippen LogP contribution is -1.83. The fourth-order valence-electron chi connectivity index (χ4n) is 0.938. The third-order valence-electron chi connectivity index (χ3n) is 1.61. The average molecular weight is 205 g/mol. The smallest absolute Gasteiger partial charge is 0.142 e. The van der Waals surface area contributed by atoms with Gasteiger partial charge in [0.1, 0.15) is 17.1 Å². The molecule has 15 heavy (non-hydrogen) atoms. The van der Waals surface area contributed by atoms with Crippen molar-refractivity contribution in [3.8, 4) is 17.6 Å². The van der Waals surface area contributed by atoms with Crippen molar-refractivity contribution in [3.63, 3.8) is 0 Å². The van der Waals surface area contributed by atoms with Gasteiger partial charge in [-0.1, -0.05) is 23.0 Å². The monoisotopic (exact) mass is 205 g/mol. The first-order valence-electron chi connectivity index (χ1n) is 4.23. The molecule has 0 saturated carbocycles. The van der Waals surface area contributed by atoms with Crippen LogP contribution in [0.15, 0.2) is 23.3 Å². The summed E-state index contributed by atoms with van der Waals surface area (Å²) in [5.41, 5.74) is 7.95. The fraction of sp³-hybridized carbons (Fsp3) is 0.200. The van der Waals surface area contributed by atoms with Crippen LogP contribution in [0.4, 0.5) is 4.39 Å². The Morgan fingerprint density at radius 1 is 1.53 bits per heavy atom. The minimum atomic E-state index is -0.564. The van der Waals surface area contributed by atoms with Crippen molar-refractivity contribution in [1.82, 2.24) is 0 Å².